The number of aromatic nitrogens is 6. The highest BCUT2D eigenvalue weighted by Crippen LogP contribution is 2.32. The second-order valence-electron chi connectivity index (χ2n) is 9.37. The largest absolute Gasteiger partial charge is 0.470 e. The topological polar surface area (TPSA) is 103 Å². The van der Waals surface area contributed by atoms with Gasteiger partial charge in [0.25, 0.3) is 0 Å². The fourth-order valence-corrected chi connectivity index (χ4v) is 4.79. The number of nitrogens with one attached hydrogen (secondary N) is 1. The minimum Gasteiger partial charge on any atom is -0.470 e. The Kier molecular flexibility index (Phi) is 6.60. The molecule has 0 spiro atoms. The van der Waals surface area contributed by atoms with Gasteiger partial charge in [0.15, 0.2) is 11.3 Å². The number of rotatable bonds is 9. The quantitative estimate of drug-likeness (QED) is 0.302. The first-order valence-corrected chi connectivity index (χ1v) is 12.8. The van der Waals surface area contributed by atoms with Crippen molar-refractivity contribution in [3.05, 3.63) is 88.4 Å². The number of benzene rings is 1. The molecule has 0 amide bonds. The molecular formula is C28H29N7O2. The van der Waals surface area contributed by atoms with Crippen molar-refractivity contribution in [2.45, 2.75) is 52.2 Å². The number of hydrogen-bond donors (Lipinski definition) is 1. The van der Waals surface area contributed by atoms with E-state index in [0.717, 1.165) is 66.8 Å². The second-order valence-corrected chi connectivity index (χ2v) is 9.37. The van der Waals surface area contributed by atoms with Crippen LogP contribution >= 0.6 is 0 Å². The molecule has 1 aromatic carbocycles. The molecule has 5 aromatic rings. The van der Waals surface area contributed by atoms with Crippen LogP contribution in [0.4, 0.5) is 0 Å². The van der Waals surface area contributed by atoms with Crippen LogP contribution in [0.15, 0.2) is 59.1 Å². The summed E-state index contributed by atoms with van der Waals surface area (Å²) in [6.45, 7) is 3.79. The van der Waals surface area contributed by atoms with E-state index in [1.54, 1.807) is 4.52 Å². The molecule has 9 nitrogen and oxygen atoms in total. The predicted molar refractivity (Wildman–Crippen MR) is 138 cm³/mol. The van der Waals surface area contributed by atoms with Crippen molar-refractivity contribution in [1.29, 1.82) is 0 Å². The summed E-state index contributed by atoms with van der Waals surface area (Å²) < 4.78 is 13.3. The van der Waals surface area contributed by atoms with Crippen LogP contribution in [0.3, 0.4) is 0 Å². The first-order chi connectivity index (χ1) is 18.2. The molecule has 0 saturated heterocycles. The SMILES string of the molecule is Cc1cc(-c2nnc3c4c(c(OCc5cccc(CNCCc6ccccc6)n5)nn23)CCCC4)no1. The highest BCUT2D eigenvalue weighted by Gasteiger charge is 2.24. The third-order valence-electron chi connectivity index (χ3n) is 6.65. The summed E-state index contributed by atoms with van der Waals surface area (Å²) in [5, 5.41) is 21.2. The van der Waals surface area contributed by atoms with Crippen LogP contribution in [-0.4, -0.2) is 36.5 Å². The summed E-state index contributed by atoms with van der Waals surface area (Å²) in [4.78, 5) is 4.80. The Morgan fingerprint density at radius 3 is 2.65 bits per heavy atom. The molecule has 0 bridgehead atoms. The average molecular weight is 496 g/mol. The Labute approximate surface area is 214 Å². The van der Waals surface area contributed by atoms with Crippen LogP contribution in [-0.2, 0) is 32.4 Å². The van der Waals surface area contributed by atoms with E-state index in [2.05, 4.69) is 44.9 Å². The molecule has 4 aromatic heterocycles. The number of pyridine rings is 1. The van der Waals surface area contributed by atoms with Gasteiger partial charge in [0.1, 0.15) is 12.4 Å². The molecule has 0 radical (unpaired) electrons. The average Bonchev–Trinajstić information content (AvgIpc) is 3.56. The minimum absolute atomic E-state index is 0.337. The Morgan fingerprint density at radius 1 is 0.973 bits per heavy atom. The van der Waals surface area contributed by atoms with Gasteiger partial charge in [-0.15, -0.1) is 15.3 Å². The van der Waals surface area contributed by atoms with Gasteiger partial charge in [-0.3, -0.25) is 4.98 Å². The summed E-state index contributed by atoms with van der Waals surface area (Å²) in [7, 11) is 0. The molecule has 0 saturated carbocycles. The summed E-state index contributed by atoms with van der Waals surface area (Å²) in [6, 6.07) is 18.4. The van der Waals surface area contributed by atoms with Crippen molar-refractivity contribution in [3.8, 4) is 17.4 Å². The zero-order chi connectivity index (χ0) is 25.0. The maximum Gasteiger partial charge on any atom is 0.235 e. The highest BCUT2D eigenvalue weighted by atomic mass is 16.5. The molecule has 0 unspecified atom stereocenters. The summed E-state index contributed by atoms with van der Waals surface area (Å²) in [5.74, 6) is 1.87. The van der Waals surface area contributed by atoms with Crippen LogP contribution < -0.4 is 10.1 Å². The van der Waals surface area contributed by atoms with E-state index < -0.39 is 0 Å². The Morgan fingerprint density at radius 2 is 1.81 bits per heavy atom. The Balaban J connectivity index is 1.18. The van der Waals surface area contributed by atoms with Gasteiger partial charge >= 0.3 is 0 Å². The van der Waals surface area contributed by atoms with Crippen LogP contribution in [0, 0.1) is 6.92 Å². The second kappa shape index (κ2) is 10.5. The van der Waals surface area contributed by atoms with Gasteiger partial charge in [0.05, 0.1) is 11.4 Å². The normalized spacial score (nSPS) is 13.1. The van der Waals surface area contributed by atoms with E-state index in [9.17, 15) is 0 Å². The van der Waals surface area contributed by atoms with E-state index in [1.165, 1.54) is 5.56 Å². The first-order valence-electron chi connectivity index (χ1n) is 12.8. The molecule has 0 fully saturated rings. The van der Waals surface area contributed by atoms with Crippen LogP contribution in [0.25, 0.3) is 17.2 Å². The van der Waals surface area contributed by atoms with Gasteiger partial charge in [-0.05, 0) is 63.3 Å². The van der Waals surface area contributed by atoms with Crippen LogP contribution in [0.2, 0.25) is 0 Å². The molecular weight excluding hydrogens is 466 g/mol. The molecule has 1 aliphatic rings. The minimum atomic E-state index is 0.337. The molecule has 1 aliphatic carbocycles. The van der Waals surface area contributed by atoms with E-state index in [0.29, 0.717) is 36.3 Å². The molecule has 0 atom stereocenters. The highest BCUT2D eigenvalue weighted by molar-refractivity contribution is 5.60. The summed E-state index contributed by atoms with van der Waals surface area (Å²) in [5.41, 5.74) is 6.82. The van der Waals surface area contributed by atoms with Crippen molar-refractivity contribution in [2.24, 2.45) is 0 Å². The molecule has 37 heavy (non-hydrogen) atoms. The maximum absolute atomic E-state index is 6.29. The van der Waals surface area contributed by atoms with Crippen molar-refractivity contribution in [3.63, 3.8) is 0 Å². The fourth-order valence-electron chi connectivity index (χ4n) is 4.79. The number of fused-ring (bicyclic) bond motifs is 3. The van der Waals surface area contributed by atoms with Gasteiger partial charge in [-0.2, -0.15) is 4.52 Å². The Hall–Kier alpha value is -4.11. The van der Waals surface area contributed by atoms with Crippen molar-refractivity contribution in [2.75, 3.05) is 6.54 Å². The zero-order valence-corrected chi connectivity index (χ0v) is 20.9. The standard InChI is InChI=1S/C28H29N7O2/c1-19-16-25(34-37-19)27-32-31-26-23-12-5-6-13-24(23)28(33-35(26)27)36-18-22-11-7-10-21(30-22)17-29-15-14-20-8-3-2-4-9-20/h2-4,7-11,16,29H,5-6,12-15,17-18H2,1H3. The lowest BCUT2D eigenvalue weighted by molar-refractivity contribution is 0.279. The molecule has 188 valence electrons. The smallest absolute Gasteiger partial charge is 0.235 e. The molecule has 1 N–H and O–H groups in total. The van der Waals surface area contributed by atoms with E-state index in [4.69, 9.17) is 19.3 Å². The molecule has 4 heterocycles. The van der Waals surface area contributed by atoms with Crippen LogP contribution in [0.5, 0.6) is 5.88 Å². The van der Waals surface area contributed by atoms with Crippen molar-refractivity contribution in [1.82, 2.24) is 35.3 Å². The lowest BCUT2D eigenvalue weighted by Gasteiger charge is -2.19. The lowest BCUT2D eigenvalue weighted by atomic mass is 9.93. The number of ether oxygens (including phenoxy) is 1. The van der Waals surface area contributed by atoms with Gasteiger partial charge < -0.3 is 14.6 Å². The molecule has 0 aliphatic heterocycles. The lowest BCUT2D eigenvalue weighted by Crippen LogP contribution is -2.18. The van der Waals surface area contributed by atoms with E-state index in [-0.39, 0.29) is 0 Å². The van der Waals surface area contributed by atoms with E-state index >= 15 is 0 Å². The Bertz CT molecular complexity index is 1510. The molecule has 9 heteroatoms. The van der Waals surface area contributed by atoms with Crippen molar-refractivity contribution < 1.29 is 9.26 Å². The van der Waals surface area contributed by atoms with Gasteiger partial charge in [0.2, 0.25) is 11.7 Å². The number of nitrogens with zero attached hydrogens (tertiary/aromatic N) is 6. The fraction of sp³-hybridized carbons (Fsp3) is 0.321. The zero-order valence-electron chi connectivity index (χ0n) is 20.9. The molecule has 6 rings (SSSR count). The maximum atomic E-state index is 6.29. The van der Waals surface area contributed by atoms with Gasteiger partial charge in [0, 0.05) is 23.7 Å². The number of hydrogen-bond acceptors (Lipinski definition) is 8. The van der Waals surface area contributed by atoms with E-state index in [1.807, 2.05) is 37.3 Å². The predicted octanol–water partition coefficient (Wildman–Crippen LogP) is 4.27. The van der Waals surface area contributed by atoms with Crippen LogP contribution in [0.1, 0.15) is 46.7 Å². The van der Waals surface area contributed by atoms with Gasteiger partial charge in [-0.1, -0.05) is 41.6 Å². The summed E-state index contributed by atoms with van der Waals surface area (Å²) >= 11 is 0. The third-order valence-corrected chi connectivity index (χ3v) is 6.65. The van der Waals surface area contributed by atoms with Gasteiger partial charge in [-0.25, -0.2) is 0 Å². The third kappa shape index (κ3) is 5.08. The summed E-state index contributed by atoms with van der Waals surface area (Å²) in [6.07, 6.45) is 5.04. The monoisotopic (exact) mass is 495 g/mol. The first kappa shape index (κ1) is 23.3. The number of aryl methyl sites for hydroxylation is 2. The van der Waals surface area contributed by atoms with Crippen molar-refractivity contribution >= 4 is 5.65 Å².